The molecule has 0 saturated carbocycles. The van der Waals surface area contributed by atoms with Crippen molar-refractivity contribution in [2.24, 2.45) is 0 Å². The Morgan fingerprint density at radius 2 is 1.00 bits per heavy atom. The molecule has 12 heavy (non-hydrogen) atoms. The van der Waals surface area contributed by atoms with E-state index in [-0.39, 0.29) is 17.1 Å². The van der Waals surface area contributed by atoms with E-state index >= 15 is 0 Å². The van der Waals surface area contributed by atoms with Crippen molar-refractivity contribution < 1.29 is 73.7 Å². The van der Waals surface area contributed by atoms with Crippen molar-refractivity contribution in [3.8, 4) is 0 Å². The van der Waals surface area contributed by atoms with Gasteiger partial charge in [-0.2, -0.15) is 0 Å². The third-order valence-electron chi connectivity index (χ3n) is 0. The van der Waals surface area contributed by atoms with Gasteiger partial charge in [0.1, 0.15) is 0 Å². The third kappa shape index (κ3) is 476. The first-order valence-corrected chi connectivity index (χ1v) is 5.68. The normalized spacial score (nSPS) is 3.42. The summed E-state index contributed by atoms with van der Waals surface area (Å²) >= 11 is -3.18. The van der Waals surface area contributed by atoms with E-state index in [0.29, 0.717) is 22.5 Å². The van der Waals surface area contributed by atoms with E-state index in [4.69, 9.17) is 25.0 Å². The third-order valence-corrected chi connectivity index (χ3v) is 0. The zero-order valence-electron chi connectivity index (χ0n) is 5.10. The van der Waals surface area contributed by atoms with Crippen LogP contribution in [0.4, 0.5) is 0 Å². The molecule has 0 N–H and O–H groups in total. The summed E-state index contributed by atoms with van der Waals surface area (Å²) in [4.78, 5) is 0. The Bertz CT molecular complexity index is 172. The van der Waals surface area contributed by atoms with Crippen molar-refractivity contribution in [3.05, 3.63) is 0 Å². The summed E-state index contributed by atoms with van der Waals surface area (Å²) in [7, 11) is 0. The molecule has 0 aliphatic carbocycles. The molecule has 0 aliphatic rings. The van der Waals surface area contributed by atoms with Gasteiger partial charge in [0.05, 0.1) is 0 Å². The Labute approximate surface area is 112 Å². The standard InChI is InChI=1S/Co.Cr.7O.H2Se.Sn.Ti/h;;;;;;;;;1H2;;. The molecule has 0 aromatic rings. The van der Waals surface area contributed by atoms with Crippen LogP contribution in [0.5, 0.6) is 0 Å². The molecular weight excluding hydrogens is 468 g/mol. The van der Waals surface area contributed by atoms with Gasteiger partial charge in [0, 0.05) is 0 Å². The molecule has 0 aromatic heterocycles. The fourth-order valence-corrected chi connectivity index (χ4v) is 0. The predicted octanol–water partition coefficient (Wildman–Crippen LogP) is -2.14. The Balaban J connectivity index is -0.0000000186. The minimum atomic E-state index is -3.79. The first-order chi connectivity index (χ1) is 5.15. The topological polar surface area (TPSA) is 119 Å². The van der Waals surface area contributed by atoms with E-state index in [1.165, 1.54) is 0 Å². The second kappa shape index (κ2) is 53.7. The number of hydrogen-bond donors (Lipinski definition) is 0. The van der Waals surface area contributed by atoms with Gasteiger partial charge in [0.2, 0.25) is 0 Å². The second-order valence-corrected chi connectivity index (χ2v) is 1.19. The molecule has 0 amide bonds. The van der Waals surface area contributed by atoms with Gasteiger partial charge in [0.25, 0.3) is 0 Å². The maximum absolute atomic E-state index is 8.54. The number of hydrogen-bond acceptors (Lipinski definition) is 7. The van der Waals surface area contributed by atoms with Gasteiger partial charge in [-0.3, -0.25) is 0 Å². The minimum absolute atomic E-state index is 0. The zero-order chi connectivity index (χ0) is 10.3. The molecule has 0 aliphatic heterocycles. The van der Waals surface area contributed by atoms with E-state index < -0.39 is 33.0 Å². The van der Waals surface area contributed by atoms with Crippen LogP contribution in [0.25, 0.3) is 0 Å². The van der Waals surface area contributed by atoms with E-state index in [9.17, 15) is 0 Å². The molecule has 0 saturated heterocycles. The molecule has 0 unspecified atom stereocenters. The van der Waals surface area contributed by atoms with E-state index in [2.05, 4.69) is 15.7 Å². The fraction of sp³-hybridized carbons (Fsp3) is 0. The Kier molecular flexibility index (Phi) is 131. The fourth-order valence-electron chi connectivity index (χ4n) is 0. The SMILES string of the molecule is [O]=[Co].[O]=[Cr](=[O])=[O].[O]=[Sn].[O]=[Ti]=[O].[SeH2]. The zero-order valence-corrected chi connectivity index (χ0v) is 13.9. The summed E-state index contributed by atoms with van der Waals surface area (Å²) in [6.07, 6.45) is 0. The Hall–Kier alpha value is 1.67. The molecule has 0 aromatic carbocycles. The van der Waals surface area contributed by atoms with Crippen LogP contribution in [0.15, 0.2) is 0 Å². The van der Waals surface area contributed by atoms with Gasteiger partial charge >= 0.3 is 113 Å². The predicted molar refractivity (Wildman–Crippen MR) is 19.1 cm³/mol. The molecule has 73 valence electrons. The monoisotopic (exact) mass is 473 g/mol. The average molecular weight is 470 g/mol. The second-order valence-electron chi connectivity index (χ2n) is 0.287. The summed E-state index contributed by atoms with van der Waals surface area (Å²) in [5.74, 6) is 0. The molecule has 0 rings (SSSR count). The molecule has 0 fully saturated rings. The summed E-state index contributed by atoms with van der Waals surface area (Å²) in [5, 5.41) is 0. The molecular formula is H2CoCrO7SeSnTi. The van der Waals surface area contributed by atoms with E-state index in [1.807, 2.05) is 0 Å². The quantitative estimate of drug-likeness (QED) is 0.371. The first kappa shape index (κ1) is 29.2. The van der Waals surface area contributed by atoms with Crippen LogP contribution < -0.4 is 0 Å². The summed E-state index contributed by atoms with van der Waals surface area (Å²) in [5.41, 5.74) is 0. The first-order valence-electron chi connectivity index (χ1n) is 1.25. The van der Waals surface area contributed by atoms with Gasteiger partial charge in [-0.05, 0) is 0 Å². The van der Waals surface area contributed by atoms with Crippen molar-refractivity contribution in [1.29, 1.82) is 0 Å². The van der Waals surface area contributed by atoms with Crippen molar-refractivity contribution >= 4 is 39.6 Å². The maximum atomic E-state index is 8.54. The summed E-state index contributed by atoms with van der Waals surface area (Å²) in [6.45, 7) is 0. The molecule has 0 spiro atoms. The van der Waals surface area contributed by atoms with Crippen LogP contribution in [0.2, 0.25) is 0 Å². The van der Waals surface area contributed by atoms with Crippen LogP contribution in [0.1, 0.15) is 0 Å². The van der Waals surface area contributed by atoms with Gasteiger partial charge in [-0.15, -0.1) is 0 Å². The van der Waals surface area contributed by atoms with Crippen LogP contribution in [0, 0.1) is 0 Å². The van der Waals surface area contributed by atoms with Crippen molar-refractivity contribution in [2.45, 2.75) is 0 Å². The average Bonchev–Trinajstić information content (AvgIpc) is 1.96. The van der Waals surface area contributed by atoms with Crippen LogP contribution in [-0.2, 0) is 73.7 Å². The van der Waals surface area contributed by atoms with Crippen molar-refractivity contribution in [1.82, 2.24) is 0 Å². The molecule has 12 heteroatoms. The van der Waals surface area contributed by atoms with E-state index in [0.717, 1.165) is 0 Å². The van der Waals surface area contributed by atoms with Crippen LogP contribution >= 0.6 is 0 Å². The molecule has 2 radical (unpaired) electrons. The van der Waals surface area contributed by atoms with Gasteiger partial charge in [0.15, 0.2) is 0 Å². The molecule has 7 nitrogen and oxygen atoms in total. The van der Waals surface area contributed by atoms with Crippen LogP contribution in [0.3, 0.4) is 0 Å². The summed E-state index contributed by atoms with van der Waals surface area (Å²) < 4.78 is 58.9. The number of rotatable bonds is 0. The van der Waals surface area contributed by atoms with Crippen molar-refractivity contribution in [3.63, 3.8) is 0 Å². The molecule has 0 atom stereocenters. The molecule has 0 bridgehead atoms. The molecule has 0 heterocycles. The van der Waals surface area contributed by atoms with Gasteiger partial charge in [-0.25, -0.2) is 0 Å². The summed E-state index contributed by atoms with van der Waals surface area (Å²) in [6, 6.07) is 0. The van der Waals surface area contributed by atoms with Crippen LogP contribution in [-0.4, -0.2) is 39.6 Å². The Morgan fingerprint density at radius 1 is 1.00 bits per heavy atom. The van der Waals surface area contributed by atoms with E-state index in [1.54, 1.807) is 0 Å². The van der Waals surface area contributed by atoms with Crippen molar-refractivity contribution in [2.75, 3.05) is 0 Å². The Morgan fingerprint density at radius 3 is 1.00 bits per heavy atom. The van der Waals surface area contributed by atoms with Gasteiger partial charge < -0.3 is 0 Å². The van der Waals surface area contributed by atoms with Gasteiger partial charge in [-0.1, -0.05) is 0 Å².